The molecular weight excluding hydrogens is 406 g/mol. The molecule has 1 aliphatic rings. The van der Waals surface area contributed by atoms with E-state index in [9.17, 15) is 14.7 Å². The quantitative estimate of drug-likeness (QED) is 0.564. The maximum Gasteiger partial charge on any atom is 0.290 e. The molecule has 0 radical (unpaired) electrons. The highest BCUT2D eigenvalue weighted by molar-refractivity contribution is 6.09. The van der Waals surface area contributed by atoms with E-state index in [1.165, 1.54) is 4.90 Å². The summed E-state index contributed by atoms with van der Waals surface area (Å²) in [5.41, 5.74) is 1.93. The summed E-state index contributed by atoms with van der Waals surface area (Å²) in [7, 11) is 0. The zero-order valence-corrected chi connectivity index (χ0v) is 18.9. The minimum absolute atomic E-state index is 0.0187. The van der Waals surface area contributed by atoms with Crippen molar-refractivity contribution in [1.29, 1.82) is 0 Å². The molecule has 0 saturated carbocycles. The van der Waals surface area contributed by atoms with Crippen LogP contribution in [0.25, 0.3) is 0 Å². The minimum Gasteiger partial charge on any atom is -0.503 e. The molecule has 0 saturated heterocycles. The van der Waals surface area contributed by atoms with Gasteiger partial charge in [0.05, 0.1) is 30.9 Å². The highest BCUT2D eigenvalue weighted by Gasteiger charge is 2.43. The van der Waals surface area contributed by atoms with Crippen LogP contribution < -0.4 is 4.74 Å². The van der Waals surface area contributed by atoms with Gasteiger partial charge in [0.2, 0.25) is 0 Å². The molecule has 1 unspecified atom stereocenters. The van der Waals surface area contributed by atoms with Crippen molar-refractivity contribution in [3.63, 3.8) is 0 Å². The van der Waals surface area contributed by atoms with Gasteiger partial charge in [-0.3, -0.25) is 9.59 Å². The van der Waals surface area contributed by atoms with Gasteiger partial charge >= 0.3 is 0 Å². The zero-order chi connectivity index (χ0) is 23.1. The Kier molecular flexibility index (Phi) is 8.06. The number of carbonyl (C=O) groups excluding carboxylic acids is 2. The Morgan fingerprint density at radius 2 is 1.78 bits per heavy atom. The molecule has 32 heavy (non-hydrogen) atoms. The first-order chi connectivity index (χ1) is 15.4. The molecule has 6 heteroatoms. The molecule has 1 amide bonds. The lowest BCUT2D eigenvalue weighted by molar-refractivity contribution is -0.130. The third-order valence-corrected chi connectivity index (χ3v) is 5.38. The lowest BCUT2D eigenvalue weighted by Gasteiger charge is -2.27. The minimum atomic E-state index is -0.655. The Bertz CT molecular complexity index is 950. The largest absolute Gasteiger partial charge is 0.503 e. The summed E-state index contributed by atoms with van der Waals surface area (Å²) in [6, 6.07) is 16.3. The van der Waals surface area contributed by atoms with Crippen molar-refractivity contribution >= 4 is 11.7 Å². The summed E-state index contributed by atoms with van der Waals surface area (Å²) in [5, 5.41) is 10.7. The molecule has 0 fully saturated rings. The van der Waals surface area contributed by atoms with E-state index >= 15 is 0 Å². The number of hydrogen-bond donors (Lipinski definition) is 1. The van der Waals surface area contributed by atoms with Gasteiger partial charge in [0.15, 0.2) is 11.5 Å². The first-order valence-corrected chi connectivity index (χ1v) is 11.1. The number of Topliss-reactive ketones (excluding diaryl/α,β-unsaturated/α-hetero) is 1. The number of aliphatic hydroxyl groups excluding tert-OH is 1. The van der Waals surface area contributed by atoms with Crippen molar-refractivity contribution in [2.75, 3.05) is 19.8 Å². The number of aryl methyl sites for hydroxylation is 1. The van der Waals surface area contributed by atoms with Crippen molar-refractivity contribution in [3.8, 4) is 5.75 Å². The molecule has 1 N–H and O–H groups in total. The Labute approximate surface area is 189 Å². The molecule has 1 aliphatic heterocycles. The fraction of sp³-hybridized carbons (Fsp3) is 0.385. The van der Waals surface area contributed by atoms with Crippen molar-refractivity contribution in [1.82, 2.24) is 4.90 Å². The summed E-state index contributed by atoms with van der Waals surface area (Å²) >= 11 is 0. The smallest absolute Gasteiger partial charge is 0.290 e. The first kappa shape index (κ1) is 23.5. The lowest BCUT2D eigenvalue weighted by atomic mass is 9.93. The second-order valence-electron chi connectivity index (χ2n) is 7.99. The highest BCUT2D eigenvalue weighted by Crippen LogP contribution is 2.38. The van der Waals surface area contributed by atoms with E-state index in [-0.39, 0.29) is 30.4 Å². The number of rotatable bonds is 11. The number of hydrogen-bond acceptors (Lipinski definition) is 5. The van der Waals surface area contributed by atoms with Gasteiger partial charge in [0.1, 0.15) is 5.75 Å². The fourth-order valence-electron chi connectivity index (χ4n) is 3.85. The van der Waals surface area contributed by atoms with E-state index in [1.54, 1.807) is 0 Å². The number of aliphatic hydroxyl groups is 1. The summed E-state index contributed by atoms with van der Waals surface area (Å²) in [4.78, 5) is 27.6. The molecule has 6 nitrogen and oxygen atoms in total. The average Bonchev–Trinajstić information content (AvgIpc) is 3.04. The number of amides is 1. The summed E-state index contributed by atoms with van der Waals surface area (Å²) in [6.07, 6.45) is 0.766. The van der Waals surface area contributed by atoms with Gasteiger partial charge in [0, 0.05) is 13.0 Å². The van der Waals surface area contributed by atoms with Crippen LogP contribution in [0.5, 0.6) is 5.75 Å². The van der Waals surface area contributed by atoms with Gasteiger partial charge in [-0.05, 0) is 50.5 Å². The molecule has 1 atom stereocenters. The molecule has 3 rings (SSSR count). The normalized spacial score (nSPS) is 16.2. The highest BCUT2D eigenvalue weighted by atomic mass is 16.5. The second kappa shape index (κ2) is 11.0. The van der Waals surface area contributed by atoms with Crippen LogP contribution in [-0.2, 0) is 20.7 Å². The van der Waals surface area contributed by atoms with Crippen LogP contribution >= 0.6 is 0 Å². The third-order valence-electron chi connectivity index (χ3n) is 5.38. The molecule has 0 aliphatic carbocycles. The Morgan fingerprint density at radius 3 is 2.41 bits per heavy atom. The number of ether oxygens (including phenoxy) is 2. The van der Waals surface area contributed by atoms with Gasteiger partial charge < -0.3 is 19.5 Å². The topological polar surface area (TPSA) is 76.1 Å². The summed E-state index contributed by atoms with van der Waals surface area (Å²) in [6.45, 7) is 6.88. The molecule has 2 aromatic rings. The molecule has 0 spiro atoms. The first-order valence-electron chi connectivity index (χ1n) is 11.1. The molecular formula is C26H31NO5. The van der Waals surface area contributed by atoms with Crippen molar-refractivity contribution < 1.29 is 24.2 Å². The van der Waals surface area contributed by atoms with Crippen molar-refractivity contribution in [3.05, 3.63) is 77.1 Å². The van der Waals surface area contributed by atoms with E-state index < -0.39 is 17.7 Å². The van der Waals surface area contributed by atoms with Crippen LogP contribution in [-0.4, -0.2) is 47.6 Å². The van der Waals surface area contributed by atoms with E-state index in [0.717, 1.165) is 11.1 Å². The molecule has 170 valence electrons. The van der Waals surface area contributed by atoms with Gasteiger partial charge in [-0.2, -0.15) is 0 Å². The monoisotopic (exact) mass is 437 g/mol. The lowest BCUT2D eigenvalue weighted by Crippen LogP contribution is -2.34. The van der Waals surface area contributed by atoms with Gasteiger partial charge in [-0.15, -0.1) is 0 Å². The number of ketones is 1. The fourth-order valence-corrected chi connectivity index (χ4v) is 3.85. The predicted molar refractivity (Wildman–Crippen MR) is 123 cm³/mol. The van der Waals surface area contributed by atoms with Crippen LogP contribution in [0.15, 0.2) is 65.9 Å². The van der Waals surface area contributed by atoms with E-state index in [0.29, 0.717) is 25.4 Å². The van der Waals surface area contributed by atoms with Gasteiger partial charge in [-0.25, -0.2) is 0 Å². The molecule has 0 bridgehead atoms. The Balaban J connectivity index is 1.86. The summed E-state index contributed by atoms with van der Waals surface area (Å²) in [5.74, 6) is -0.530. The van der Waals surface area contributed by atoms with Crippen LogP contribution in [0, 0.1) is 0 Å². The van der Waals surface area contributed by atoms with Crippen LogP contribution in [0.2, 0.25) is 0 Å². The maximum absolute atomic E-state index is 13.2. The zero-order valence-electron chi connectivity index (χ0n) is 18.9. The Hall–Kier alpha value is -3.12. The predicted octanol–water partition coefficient (Wildman–Crippen LogP) is 4.41. The summed E-state index contributed by atoms with van der Waals surface area (Å²) < 4.78 is 11.1. The van der Waals surface area contributed by atoms with E-state index in [1.807, 2.05) is 75.4 Å². The molecule has 2 aromatic carbocycles. The van der Waals surface area contributed by atoms with Crippen LogP contribution in [0.1, 0.15) is 44.4 Å². The SMILES string of the molecule is CCOc1ccc(C2C(C(=O)CCc3ccccc3)=C(O)C(=O)N2CCOC(C)C)cc1. The standard InChI is InChI=1S/C26H31NO5/c1-4-31-21-13-11-20(12-14-21)24-23(22(28)15-10-19-8-6-5-7-9-19)25(29)26(30)27(24)16-17-32-18(2)3/h5-9,11-14,18,24,29H,4,10,15-17H2,1-3H3. The number of nitrogens with zero attached hydrogens (tertiary/aromatic N) is 1. The Morgan fingerprint density at radius 1 is 1.09 bits per heavy atom. The second-order valence-corrected chi connectivity index (χ2v) is 7.99. The molecule has 0 aromatic heterocycles. The van der Waals surface area contributed by atoms with Crippen LogP contribution in [0.4, 0.5) is 0 Å². The molecule has 1 heterocycles. The number of carbonyl (C=O) groups is 2. The number of benzene rings is 2. The van der Waals surface area contributed by atoms with E-state index in [4.69, 9.17) is 9.47 Å². The van der Waals surface area contributed by atoms with E-state index in [2.05, 4.69) is 0 Å². The van der Waals surface area contributed by atoms with Crippen molar-refractivity contribution in [2.24, 2.45) is 0 Å². The maximum atomic E-state index is 13.2. The van der Waals surface area contributed by atoms with Gasteiger partial charge in [0.25, 0.3) is 5.91 Å². The average molecular weight is 438 g/mol. The third kappa shape index (κ3) is 5.56. The van der Waals surface area contributed by atoms with Crippen LogP contribution in [0.3, 0.4) is 0 Å². The van der Waals surface area contributed by atoms with Gasteiger partial charge in [-0.1, -0.05) is 42.5 Å². The van der Waals surface area contributed by atoms with Crippen molar-refractivity contribution in [2.45, 2.75) is 45.8 Å².